The van der Waals surface area contributed by atoms with E-state index in [9.17, 15) is 17.6 Å². The number of hydrogen-bond acceptors (Lipinski definition) is 3. The zero-order valence-electron chi connectivity index (χ0n) is 12.4. The molecule has 0 saturated heterocycles. The Kier molecular flexibility index (Phi) is 4.91. The Morgan fingerprint density at radius 3 is 2.48 bits per heavy atom. The number of anilines is 2. The Labute approximate surface area is 138 Å². The van der Waals surface area contributed by atoms with E-state index in [-0.39, 0.29) is 22.0 Å². The average Bonchev–Trinajstić information content (AvgIpc) is 2.46. The molecule has 0 unspecified atom stereocenters. The smallest absolute Gasteiger partial charge is 0.257 e. The van der Waals surface area contributed by atoms with Gasteiger partial charge >= 0.3 is 0 Å². The fourth-order valence-corrected chi connectivity index (χ4v) is 2.63. The van der Waals surface area contributed by atoms with Crippen LogP contribution < -0.4 is 9.62 Å². The lowest BCUT2D eigenvalue weighted by molar-refractivity contribution is 0.102. The predicted molar refractivity (Wildman–Crippen MR) is 89.1 cm³/mol. The van der Waals surface area contributed by atoms with Crippen molar-refractivity contribution in [3.8, 4) is 0 Å². The molecule has 1 N–H and O–H groups in total. The van der Waals surface area contributed by atoms with E-state index >= 15 is 0 Å². The molecule has 0 aromatic heterocycles. The fraction of sp³-hybridized carbons (Fsp3) is 0.133. The van der Waals surface area contributed by atoms with E-state index in [1.165, 1.54) is 19.2 Å². The third-order valence-corrected chi connectivity index (χ3v) is 4.68. The van der Waals surface area contributed by atoms with Crippen LogP contribution in [0.1, 0.15) is 10.4 Å². The molecule has 0 saturated carbocycles. The molecule has 2 aromatic rings. The van der Waals surface area contributed by atoms with E-state index in [2.05, 4.69) is 5.32 Å². The van der Waals surface area contributed by atoms with Crippen LogP contribution in [0, 0.1) is 5.82 Å². The molecule has 2 rings (SSSR count). The first-order valence-corrected chi connectivity index (χ1v) is 8.72. The van der Waals surface area contributed by atoms with Crippen LogP contribution in [0.4, 0.5) is 15.8 Å². The van der Waals surface area contributed by atoms with Crippen molar-refractivity contribution in [2.24, 2.45) is 0 Å². The lowest BCUT2D eigenvalue weighted by Gasteiger charge is -2.20. The van der Waals surface area contributed by atoms with Crippen LogP contribution in [0.15, 0.2) is 42.5 Å². The summed E-state index contributed by atoms with van der Waals surface area (Å²) in [7, 11) is -2.25. The van der Waals surface area contributed by atoms with Gasteiger partial charge < -0.3 is 5.32 Å². The van der Waals surface area contributed by atoms with Crippen molar-refractivity contribution >= 4 is 38.9 Å². The molecular formula is C15H14ClFN2O3S. The molecule has 5 nitrogen and oxygen atoms in total. The van der Waals surface area contributed by atoms with Gasteiger partial charge in [0, 0.05) is 7.05 Å². The van der Waals surface area contributed by atoms with E-state index in [4.69, 9.17) is 11.6 Å². The summed E-state index contributed by atoms with van der Waals surface area (Å²) in [5.41, 5.74) is 0.378. The normalized spacial score (nSPS) is 11.1. The summed E-state index contributed by atoms with van der Waals surface area (Å²) in [6.07, 6.45) is 1.01. The van der Waals surface area contributed by atoms with Gasteiger partial charge in [-0.1, -0.05) is 23.7 Å². The highest BCUT2D eigenvalue weighted by atomic mass is 35.5. The Bertz CT molecular complexity index is 856. The molecule has 0 aliphatic heterocycles. The van der Waals surface area contributed by atoms with E-state index < -0.39 is 21.7 Å². The molecule has 0 aliphatic rings. The first kappa shape index (κ1) is 17.2. The quantitative estimate of drug-likeness (QED) is 0.915. The van der Waals surface area contributed by atoms with Crippen LogP contribution in [0.25, 0.3) is 0 Å². The number of halogens is 2. The topological polar surface area (TPSA) is 66.5 Å². The van der Waals surface area contributed by atoms with Gasteiger partial charge in [-0.3, -0.25) is 9.10 Å². The number of carbonyl (C=O) groups is 1. The van der Waals surface area contributed by atoms with Gasteiger partial charge in [-0.25, -0.2) is 12.8 Å². The Hall–Kier alpha value is -2.12. The van der Waals surface area contributed by atoms with Crippen molar-refractivity contribution in [1.82, 2.24) is 0 Å². The zero-order valence-corrected chi connectivity index (χ0v) is 14.0. The van der Waals surface area contributed by atoms with Crippen molar-refractivity contribution in [3.05, 3.63) is 58.9 Å². The van der Waals surface area contributed by atoms with Crippen molar-refractivity contribution in [2.75, 3.05) is 22.9 Å². The molecule has 0 spiro atoms. The molecule has 0 aliphatic carbocycles. The average molecular weight is 357 g/mol. The summed E-state index contributed by atoms with van der Waals surface area (Å²) >= 11 is 5.95. The predicted octanol–water partition coefficient (Wildman–Crippen LogP) is 3.13. The SMILES string of the molecule is CN(c1ccc(F)cc1NC(=O)c1ccccc1Cl)S(C)(=O)=O. The number of amides is 1. The maximum Gasteiger partial charge on any atom is 0.257 e. The Morgan fingerprint density at radius 2 is 1.87 bits per heavy atom. The van der Waals surface area contributed by atoms with Crippen molar-refractivity contribution < 1.29 is 17.6 Å². The minimum absolute atomic E-state index is 0.0304. The molecule has 23 heavy (non-hydrogen) atoms. The van der Waals surface area contributed by atoms with E-state index in [0.29, 0.717) is 0 Å². The fourth-order valence-electron chi connectivity index (χ4n) is 1.90. The largest absolute Gasteiger partial charge is 0.320 e. The molecule has 122 valence electrons. The lowest BCUT2D eigenvalue weighted by Crippen LogP contribution is -2.26. The van der Waals surface area contributed by atoms with E-state index in [0.717, 1.165) is 22.7 Å². The van der Waals surface area contributed by atoms with Gasteiger partial charge in [0.15, 0.2) is 0 Å². The van der Waals surface area contributed by atoms with Gasteiger partial charge in [0.05, 0.1) is 28.2 Å². The van der Waals surface area contributed by atoms with Gasteiger partial charge in [-0.05, 0) is 30.3 Å². The second-order valence-corrected chi connectivity index (χ2v) is 7.25. The van der Waals surface area contributed by atoms with Gasteiger partial charge in [0.25, 0.3) is 5.91 Å². The van der Waals surface area contributed by atoms with Gasteiger partial charge in [0.1, 0.15) is 5.82 Å². The summed E-state index contributed by atoms with van der Waals surface area (Å²) in [4.78, 5) is 12.3. The van der Waals surface area contributed by atoms with Crippen LogP contribution in [0.5, 0.6) is 0 Å². The Balaban J connectivity index is 2.42. The summed E-state index contributed by atoms with van der Waals surface area (Å²) in [6.45, 7) is 0. The maximum absolute atomic E-state index is 13.5. The van der Waals surface area contributed by atoms with Crippen LogP contribution in [0.3, 0.4) is 0 Å². The highest BCUT2D eigenvalue weighted by Gasteiger charge is 2.19. The summed E-state index contributed by atoms with van der Waals surface area (Å²) in [6, 6.07) is 9.80. The third-order valence-electron chi connectivity index (χ3n) is 3.16. The zero-order chi connectivity index (χ0) is 17.2. The highest BCUT2D eigenvalue weighted by molar-refractivity contribution is 7.92. The molecule has 0 atom stereocenters. The molecule has 1 amide bonds. The molecule has 2 aromatic carbocycles. The first-order valence-electron chi connectivity index (χ1n) is 6.49. The summed E-state index contributed by atoms with van der Waals surface area (Å²) in [5, 5.41) is 2.73. The molecule has 8 heteroatoms. The second kappa shape index (κ2) is 6.55. The number of carbonyl (C=O) groups excluding carboxylic acids is 1. The monoisotopic (exact) mass is 356 g/mol. The van der Waals surface area contributed by atoms with Gasteiger partial charge in [-0.2, -0.15) is 0 Å². The van der Waals surface area contributed by atoms with Crippen molar-refractivity contribution in [1.29, 1.82) is 0 Å². The van der Waals surface area contributed by atoms with Crippen LogP contribution in [0.2, 0.25) is 5.02 Å². The Morgan fingerprint density at radius 1 is 1.22 bits per heavy atom. The summed E-state index contributed by atoms with van der Waals surface area (Å²) < 4.78 is 37.8. The second-order valence-electron chi connectivity index (χ2n) is 4.83. The first-order chi connectivity index (χ1) is 10.7. The summed E-state index contributed by atoms with van der Waals surface area (Å²) in [5.74, 6) is -1.17. The van der Waals surface area contributed by atoms with Crippen molar-refractivity contribution in [2.45, 2.75) is 0 Å². The van der Waals surface area contributed by atoms with E-state index in [1.54, 1.807) is 18.2 Å². The van der Waals surface area contributed by atoms with Gasteiger partial charge in [-0.15, -0.1) is 0 Å². The maximum atomic E-state index is 13.5. The number of benzene rings is 2. The highest BCUT2D eigenvalue weighted by Crippen LogP contribution is 2.28. The molecule has 0 fully saturated rings. The number of nitrogens with zero attached hydrogens (tertiary/aromatic N) is 1. The molecular weight excluding hydrogens is 343 g/mol. The van der Waals surface area contributed by atoms with Gasteiger partial charge in [0.2, 0.25) is 10.0 Å². The van der Waals surface area contributed by atoms with Crippen LogP contribution >= 0.6 is 11.6 Å². The number of hydrogen-bond donors (Lipinski definition) is 1. The number of sulfonamides is 1. The minimum atomic E-state index is -3.57. The third kappa shape index (κ3) is 4.00. The van der Waals surface area contributed by atoms with E-state index in [1.807, 2.05) is 0 Å². The van der Waals surface area contributed by atoms with Crippen LogP contribution in [-0.4, -0.2) is 27.6 Å². The lowest BCUT2D eigenvalue weighted by atomic mass is 10.2. The number of nitrogens with one attached hydrogen (secondary N) is 1. The molecule has 0 heterocycles. The molecule has 0 bridgehead atoms. The minimum Gasteiger partial charge on any atom is -0.320 e. The molecule has 0 radical (unpaired) electrons. The van der Waals surface area contributed by atoms with Crippen molar-refractivity contribution in [3.63, 3.8) is 0 Å². The number of rotatable bonds is 4. The van der Waals surface area contributed by atoms with Crippen LogP contribution in [-0.2, 0) is 10.0 Å². The standard InChI is InChI=1S/C15H14ClFN2O3S/c1-19(23(2,21)22)14-8-7-10(17)9-13(14)18-15(20)11-5-3-4-6-12(11)16/h3-9H,1-2H3,(H,18,20).